The summed E-state index contributed by atoms with van der Waals surface area (Å²) in [6.07, 6.45) is -33.1. The summed E-state index contributed by atoms with van der Waals surface area (Å²) in [6.45, 7) is -3.64. The molecule has 24 N–H and O–H groups in total. The van der Waals surface area contributed by atoms with Gasteiger partial charge in [-0.3, -0.25) is 0 Å². The number of aromatic hydroxyl groups is 2. The average molecular weight is 1910 g/mol. The van der Waals surface area contributed by atoms with Crippen molar-refractivity contribution in [2.45, 2.75) is 261 Å². The van der Waals surface area contributed by atoms with Crippen LogP contribution in [0.5, 0.6) is 23.0 Å². The van der Waals surface area contributed by atoms with Gasteiger partial charge in [0.2, 0.25) is 0 Å². The van der Waals surface area contributed by atoms with E-state index in [-0.39, 0.29) is 24.7 Å². The van der Waals surface area contributed by atoms with E-state index in [0.717, 1.165) is 131 Å². The van der Waals surface area contributed by atoms with Gasteiger partial charge in [0.15, 0.2) is 37.7 Å². The third kappa shape index (κ3) is 23.2. The van der Waals surface area contributed by atoms with E-state index in [0.29, 0.717) is 60.3 Å². The van der Waals surface area contributed by atoms with Gasteiger partial charge in [-0.05, 0) is 145 Å². The van der Waals surface area contributed by atoms with Crippen molar-refractivity contribution >= 4 is 46.4 Å². The quantitative estimate of drug-likeness (QED) is 0.0239. The largest absolute Gasteiger partial charge is 0.508 e. The molecule has 6 fully saturated rings. The molecule has 11 heterocycles. The Morgan fingerprint density at radius 1 is 0.243 bits per heavy atom. The topological polar surface area (TPSA) is 632 Å². The van der Waals surface area contributed by atoms with Gasteiger partial charge in [-0.2, -0.15) is 0 Å². The molecule has 742 valence electrons. The highest BCUT2D eigenvalue weighted by atomic mass is 16.8. The fourth-order valence-electron chi connectivity index (χ4n) is 18.1. The lowest BCUT2D eigenvalue weighted by atomic mass is 9.96. The van der Waals surface area contributed by atoms with E-state index >= 15 is 0 Å². The summed E-state index contributed by atoms with van der Waals surface area (Å²) in [4.78, 5) is 18.4. The van der Waals surface area contributed by atoms with E-state index in [1.54, 1.807) is 24.3 Å². The van der Waals surface area contributed by atoms with Crippen LogP contribution in [0.2, 0.25) is 0 Å². The second-order valence-corrected chi connectivity index (χ2v) is 35.0. The van der Waals surface area contributed by atoms with Crippen molar-refractivity contribution in [2.75, 3.05) is 66.1 Å². The first kappa shape index (κ1) is 102. The Balaban J connectivity index is 0.551. The average Bonchev–Trinajstić information content (AvgIpc) is 1.57. The molecule has 0 amide bonds. The van der Waals surface area contributed by atoms with Crippen LogP contribution in [0.15, 0.2) is 121 Å². The number of hydrogen-bond donors (Lipinski definition) is 24. The number of hydrogen-bond acceptors (Lipinski definition) is 38. The highest BCUT2D eigenvalue weighted by Crippen LogP contribution is 2.43. The van der Waals surface area contributed by atoms with Gasteiger partial charge in [0, 0.05) is 57.5 Å². The van der Waals surface area contributed by atoms with E-state index in [1.807, 2.05) is 121 Å². The number of nitrogens with one attached hydrogen (secondary N) is 2. The molecular formula is C96H122N4O36. The molecule has 3 aromatic heterocycles. The molecule has 40 nitrogen and oxygen atoms in total. The Labute approximate surface area is 780 Å². The Bertz CT molecular complexity index is 4890. The smallest absolute Gasteiger partial charge is 0.187 e. The molecular weight excluding hydrogens is 1790 g/mol. The van der Waals surface area contributed by atoms with E-state index in [9.17, 15) is 112 Å². The van der Waals surface area contributed by atoms with Crippen molar-refractivity contribution in [1.82, 2.24) is 19.9 Å². The fourth-order valence-corrected chi connectivity index (χ4v) is 18.1. The summed E-state index contributed by atoms with van der Waals surface area (Å²) in [5.41, 5.74) is 12.0. The number of ether oxygens (including phenoxy) is 14. The summed E-state index contributed by atoms with van der Waals surface area (Å²) >= 11 is 0. The number of aromatic nitrogens is 4. The van der Waals surface area contributed by atoms with Gasteiger partial charge >= 0.3 is 0 Å². The van der Waals surface area contributed by atoms with Crippen LogP contribution in [0.3, 0.4) is 0 Å². The van der Waals surface area contributed by atoms with Crippen LogP contribution < -0.4 is 9.47 Å². The fraction of sp³-hybridized carbons (Fsp3) is 0.542. The molecule has 0 aliphatic carbocycles. The van der Waals surface area contributed by atoms with Gasteiger partial charge in [-0.25, -0.2) is 9.97 Å². The normalized spacial score (nSPS) is 32.5. The maximum Gasteiger partial charge on any atom is 0.187 e. The molecule has 0 spiro atoms. The minimum Gasteiger partial charge on any atom is -0.508 e. The zero-order chi connectivity index (χ0) is 96.1. The highest BCUT2D eigenvalue weighted by Gasteiger charge is 2.57. The molecule has 40 heteroatoms. The molecule has 8 bridgehead atoms. The second kappa shape index (κ2) is 47.1. The number of aromatic amines is 2. The van der Waals surface area contributed by atoms with Crippen molar-refractivity contribution < 1.29 is 179 Å². The van der Waals surface area contributed by atoms with Crippen molar-refractivity contribution in [1.29, 1.82) is 0 Å². The van der Waals surface area contributed by atoms with Crippen molar-refractivity contribution in [3.8, 4) is 67.5 Å². The number of unbranched alkanes of at least 4 members (excludes halogenated alkanes) is 10. The summed E-state index contributed by atoms with van der Waals surface area (Å²) in [6, 6.07) is 37.7. The number of fused-ring (bicyclic) bond motifs is 8. The van der Waals surface area contributed by atoms with Crippen LogP contribution >= 0.6 is 0 Å². The van der Waals surface area contributed by atoms with E-state index in [1.165, 1.54) is 0 Å². The number of benzene rings is 4. The first-order valence-corrected chi connectivity index (χ1v) is 46.0. The SMILES string of the molecule is OC[C@H]1O[C@H](O[C@@H]2[C@H](O)[C@@H](O)[C@H](O[C@H]3[C@H](O)[C@@H](O)[C@H](OCCCCCCCCOc4ccc(-c5c6nc(c(-c7ccc(O)cc7)c7ccc([nH]7)c(-c7ccc(O)cc7)c7nc(c(-c8ccc(OCCCCCCCCO[C@@H]9O[C@H](CO)[C@@H](O[C@@H]%10O[C@H](CO)[C@H](O[C@H]%11O[C@H](CO)[C@H](O)[C@H](O)[C@H]%11O)[C@H](O)[C@H]%10O)[C@H](O)[C@H]9O)cc8)c8ccc5[nH]8)C=C7)C=C6)cc4)O[C@@H]3CO)O[C@@H]2CO)[C@H](O)[C@@H](O)[C@H]1O. The monoisotopic (exact) mass is 1910 g/mol. The second-order valence-electron chi connectivity index (χ2n) is 35.0. The van der Waals surface area contributed by atoms with Gasteiger partial charge in [-0.1, -0.05) is 99.9 Å². The number of phenolic OH excluding ortho intramolecular Hbond substituents is 2. The number of aliphatic hydroxyl groups excluding tert-OH is 20. The predicted octanol–water partition coefficient (Wildman–Crippen LogP) is 1.10. The summed E-state index contributed by atoms with van der Waals surface area (Å²) in [5, 5.41) is 233. The molecule has 0 saturated carbocycles. The molecule has 0 unspecified atom stereocenters. The van der Waals surface area contributed by atoms with Gasteiger partial charge in [0.25, 0.3) is 0 Å². The molecule has 8 aliphatic rings. The molecule has 15 rings (SSSR count). The number of rotatable bonds is 40. The molecule has 6 saturated heterocycles. The summed E-state index contributed by atoms with van der Waals surface area (Å²) < 4.78 is 81.0. The maximum absolute atomic E-state index is 11.3. The third-order valence-corrected chi connectivity index (χ3v) is 25.7. The first-order chi connectivity index (χ1) is 65.8. The number of aliphatic hydroxyl groups is 20. The minimum absolute atomic E-state index is 0.0996. The molecule has 8 aliphatic heterocycles. The summed E-state index contributed by atoms with van der Waals surface area (Å²) in [7, 11) is 0. The van der Waals surface area contributed by atoms with Gasteiger partial charge in [0.1, 0.15) is 169 Å². The van der Waals surface area contributed by atoms with Crippen LogP contribution in [0.1, 0.15) is 99.8 Å². The molecule has 30 atom stereocenters. The molecule has 136 heavy (non-hydrogen) atoms. The number of phenols is 2. The van der Waals surface area contributed by atoms with Gasteiger partial charge in [0.05, 0.1) is 75.6 Å². The molecule has 7 aromatic rings. The number of H-pyrrole nitrogens is 2. The van der Waals surface area contributed by atoms with Crippen LogP contribution in [-0.2, 0) is 56.8 Å². The van der Waals surface area contributed by atoms with Crippen molar-refractivity contribution in [3.63, 3.8) is 0 Å². The zero-order valence-corrected chi connectivity index (χ0v) is 74.2. The van der Waals surface area contributed by atoms with Gasteiger partial charge in [-0.15, -0.1) is 0 Å². The van der Waals surface area contributed by atoms with Crippen LogP contribution in [0, 0.1) is 0 Å². The third-order valence-electron chi connectivity index (χ3n) is 25.7. The van der Waals surface area contributed by atoms with Crippen LogP contribution in [0.4, 0.5) is 0 Å². The zero-order valence-electron chi connectivity index (χ0n) is 74.2. The Morgan fingerprint density at radius 2 is 0.471 bits per heavy atom. The molecule has 0 radical (unpaired) electrons. The standard InChI is InChI=1S/C96H122N4O36/c101-41-63-73(109)75(111)81(117)93(127-63)133-89-67(45-105)131-95(85(121)79(89)115)135-87-65(43-103)129-91(83(119)77(87)113)125-39-11-7-3-1-5-9-37-123-53-25-17-49(18-26-53)71-59-33-31-57(98-59)69(47-13-21-51(107)22-14-47)55-29-30-56(97-55)70(48-15-23-52(108)24-16-48)58-32-34-60(99-58)72(62-36-35-61(71)100-62)50-19-27-54(28-20-50)124-38-10-6-2-4-8-12-40-126-92-84(120)78(114)88(66(44-104)130-92)136-96-86(122)80(116)90(68(46-106)132-96)134-94-82(118)76(112)74(110)64(42-102)128-94/h13-36,63-68,73-97,100-122H,1-12,37-46H2/t63-,64-,65-,66-,67-,68-,73+,74+,75+,76+,77-,78-,79-,80-,81-,82-,83-,84-,85-,86-,87-,88-,89+,90+,91-,92-,93-,94-,95+,96+/m1/s1. The minimum atomic E-state index is -1.97. The van der Waals surface area contributed by atoms with Crippen LogP contribution in [0.25, 0.3) is 90.9 Å². The lowest BCUT2D eigenvalue weighted by molar-refractivity contribution is -0.379. The van der Waals surface area contributed by atoms with Gasteiger partial charge < -0.3 is 189 Å². The predicted molar refractivity (Wildman–Crippen MR) is 480 cm³/mol. The summed E-state index contributed by atoms with van der Waals surface area (Å²) in [5.74, 6) is 1.51. The lowest BCUT2D eigenvalue weighted by Crippen LogP contribution is -2.66. The van der Waals surface area contributed by atoms with E-state index in [4.69, 9.17) is 76.3 Å². The van der Waals surface area contributed by atoms with E-state index in [2.05, 4.69) is 9.97 Å². The van der Waals surface area contributed by atoms with Crippen LogP contribution in [-0.4, -0.2) is 383 Å². The Morgan fingerprint density at radius 3 is 0.743 bits per heavy atom. The van der Waals surface area contributed by atoms with Crippen molar-refractivity contribution in [3.05, 3.63) is 144 Å². The molecule has 4 aromatic carbocycles. The Kier molecular flexibility index (Phi) is 35.3. The maximum atomic E-state index is 11.3. The van der Waals surface area contributed by atoms with Crippen molar-refractivity contribution in [2.24, 2.45) is 0 Å². The number of nitrogens with zero attached hydrogens (tertiary/aromatic N) is 2. The highest BCUT2D eigenvalue weighted by molar-refractivity contribution is 6.00. The van der Waals surface area contributed by atoms with E-state index < -0.39 is 224 Å². The first-order valence-electron chi connectivity index (χ1n) is 46.0. The lowest BCUT2D eigenvalue weighted by Gasteiger charge is -2.48. The Hall–Kier alpha value is -8.60.